The van der Waals surface area contributed by atoms with Crippen molar-refractivity contribution in [3.63, 3.8) is 0 Å². The number of carbonyl (C=O) groups is 1. The van der Waals surface area contributed by atoms with Gasteiger partial charge in [-0.25, -0.2) is 0 Å². The van der Waals surface area contributed by atoms with Gasteiger partial charge in [0.1, 0.15) is 6.17 Å². The minimum Gasteiger partial charge on any atom is -0.325 e. The summed E-state index contributed by atoms with van der Waals surface area (Å²) < 4.78 is 1.01. The van der Waals surface area contributed by atoms with E-state index in [4.69, 9.17) is 4.99 Å². The summed E-state index contributed by atoms with van der Waals surface area (Å²) in [6.07, 6.45) is 6.18. The number of amidine groups is 1. The van der Waals surface area contributed by atoms with E-state index < -0.39 is 0 Å². The van der Waals surface area contributed by atoms with Crippen LogP contribution in [-0.2, 0) is 11.3 Å². The number of hydrogen-bond acceptors (Lipinski definition) is 3. The van der Waals surface area contributed by atoms with Crippen LogP contribution in [0.3, 0.4) is 0 Å². The van der Waals surface area contributed by atoms with Gasteiger partial charge in [-0.05, 0) is 42.7 Å². The van der Waals surface area contributed by atoms with Crippen molar-refractivity contribution in [2.24, 2.45) is 4.99 Å². The molecule has 4 nitrogen and oxygen atoms in total. The molecule has 0 bridgehead atoms. The molecule has 1 unspecified atom stereocenters. The number of aliphatic imine (C=N–C) groups is 1. The van der Waals surface area contributed by atoms with E-state index in [1.165, 1.54) is 37.7 Å². The number of nitrogens with zero attached hydrogens (tertiary/aromatic N) is 3. The summed E-state index contributed by atoms with van der Waals surface area (Å²) in [5.41, 5.74) is 2.16. The van der Waals surface area contributed by atoms with Crippen LogP contribution in [-0.4, -0.2) is 33.9 Å². The predicted molar refractivity (Wildman–Crippen MR) is 130 cm³/mol. The number of rotatable bonds is 5. The number of benzene rings is 2. The Morgan fingerprint density at radius 3 is 2.47 bits per heavy atom. The molecule has 30 heavy (non-hydrogen) atoms. The minimum absolute atomic E-state index is 0.0452. The van der Waals surface area contributed by atoms with Gasteiger partial charge in [-0.2, -0.15) is 0 Å². The molecular weight excluding hydrogens is 458 g/mol. The van der Waals surface area contributed by atoms with E-state index in [0.29, 0.717) is 6.04 Å². The highest BCUT2D eigenvalue weighted by Crippen LogP contribution is 2.33. The average Bonchev–Trinajstić information content (AvgIpc) is 3.12. The van der Waals surface area contributed by atoms with Crippen LogP contribution in [0.5, 0.6) is 0 Å². The SMILES string of the molecule is CC(=O)N(c1ccc(Br)cc1)C1CSC(=NC2CCCCC2)N1Cc1ccccc1. The van der Waals surface area contributed by atoms with Gasteiger partial charge in [0.15, 0.2) is 5.17 Å². The second kappa shape index (κ2) is 10.0. The lowest BCUT2D eigenvalue weighted by Crippen LogP contribution is -2.49. The Labute approximate surface area is 191 Å². The predicted octanol–water partition coefficient (Wildman–Crippen LogP) is 6.07. The second-order valence-corrected chi connectivity index (χ2v) is 9.88. The Hall–Kier alpha value is -1.79. The topological polar surface area (TPSA) is 35.9 Å². The fourth-order valence-corrected chi connectivity index (χ4v) is 5.73. The second-order valence-electron chi connectivity index (χ2n) is 7.97. The largest absolute Gasteiger partial charge is 0.325 e. The molecule has 0 spiro atoms. The van der Waals surface area contributed by atoms with Gasteiger partial charge in [0.05, 0.1) is 6.04 Å². The van der Waals surface area contributed by atoms with Crippen LogP contribution in [0.2, 0.25) is 0 Å². The monoisotopic (exact) mass is 485 g/mol. The van der Waals surface area contributed by atoms with E-state index in [2.05, 4.69) is 45.1 Å². The van der Waals surface area contributed by atoms with Crippen molar-refractivity contribution in [2.45, 2.75) is 57.8 Å². The third-order valence-corrected chi connectivity index (χ3v) is 7.36. The maximum absolute atomic E-state index is 12.7. The molecule has 1 saturated heterocycles. The van der Waals surface area contributed by atoms with E-state index >= 15 is 0 Å². The maximum atomic E-state index is 12.7. The van der Waals surface area contributed by atoms with Gasteiger partial charge in [-0.3, -0.25) is 14.7 Å². The van der Waals surface area contributed by atoms with E-state index in [1.54, 1.807) is 18.7 Å². The Morgan fingerprint density at radius 1 is 1.10 bits per heavy atom. The fraction of sp³-hybridized carbons (Fsp3) is 0.417. The van der Waals surface area contributed by atoms with Crippen LogP contribution in [0.15, 0.2) is 64.1 Å². The van der Waals surface area contributed by atoms with E-state index in [9.17, 15) is 4.79 Å². The van der Waals surface area contributed by atoms with Crippen molar-refractivity contribution in [2.75, 3.05) is 10.7 Å². The quantitative estimate of drug-likeness (QED) is 0.515. The molecule has 2 aromatic rings. The van der Waals surface area contributed by atoms with Gasteiger partial charge in [-0.1, -0.05) is 77.3 Å². The van der Waals surface area contributed by atoms with Gasteiger partial charge >= 0.3 is 0 Å². The molecule has 1 aliphatic heterocycles. The maximum Gasteiger partial charge on any atom is 0.225 e. The molecule has 1 amide bonds. The lowest BCUT2D eigenvalue weighted by molar-refractivity contribution is -0.117. The summed E-state index contributed by atoms with van der Waals surface area (Å²) in [6.45, 7) is 2.41. The van der Waals surface area contributed by atoms with Crippen LogP contribution in [0.4, 0.5) is 5.69 Å². The Bertz CT molecular complexity index is 881. The van der Waals surface area contributed by atoms with Crippen molar-refractivity contribution < 1.29 is 4.79 Å². The first kappa shape index (κ1) is 21.4. The number of thioether (sulfide) groups is 1. The first-order chi connectivity index (χ1) is 14.6. The van der Waals surface area contributed by atoms with Gasteiger partial charge in [0, 0.05) is 29.4 Å². The Kier molecular flexibility index (Phi) is 7.16. The summed E-state index contributed by atoms with van der Waals surface area (Å²) in [5, 5.41) is 1.08. The Morgan fingerprint density at radius 2 is 1.80 bits per heavy atom. The zero-order valence-corrected chi connectivity index (χ0v) is 19.7. The van der Waals surface area contributed by atoms with Crippen molar-refractivity contribution in [1.82, 2.24) is 4.90 Å². The molecule has 1 heterocycles. The molecule has 6 heteroatoms. The van der Waals surface area contributed by atoms with Crippen molar-refractivity contribution in [3.8, 4) is 0 Å². The normalized spacial score (nSPS) is 21.2. The van der Waals surface area contributed by atoms with Gasteiger partial charge < -0.3 is 4.90 Å². The lowest BCUT2D eigenvalue weighted by atomic mass is 9.96. The summed E-state index contributed by atoms with van der Waals surface area (Å²) in [4.78, 5) is 22.2. The number of anilines is 1. The molecule has 0 N–H and O–H groups in total. The molecule has 1 atom stereocenters. The molecule has 2 aromatic carbocycles. The van der Waals surface area contributed by atoms with Crippen LogP contribution < -0.4 is 4.90 Å². The van der Waals surface area contributed by atoms with Crippen LogP contribution in [0, 0.1) is 0 Å². The highest BCUT2D eigenvalue weighted by atomic mass is 79.9. The molecule has 0 aromatic heterocycles. The summed E-state index contributed by atoms with van der Waals surface area (Å²) in [7, 11) is 0. The van der Waals surface area contributed by atoms with Crippen LogP contribution >= 0.6 is 27.7 Å². The molecule has 1 aliphatic carbocycles. The highest BCUT2D eigenvalue weighted by Gasteiger charge is 2.37. The third kappa shape index (κ3) is 5.09. The standard InChI is InChI=1S/C24H28BrN3OS/c1-18(29)28(22-14-12-20(25)13-15-22)23-17-30-24(26-21-10-6-3-7-11-21)27(23)16-19-8-4-2-5-9-19/h2,4-5,8-9,12-15,21,23H,3,6-7,10-11,16-17H2,1H3. The number of hydrogen-bond donors (Lipinski definition) is 0. The van der Waals surface area contributed by atoms with E-state index in [1.807, 2.05) is 35.2 Å². The van der Waals surface area contributed by atoms with Crippen molar-refractivity contribution >= 4 is 44.5 Å². The van der Waals surface area contributed by atoms with E-state index in [0.717, 1.165) is 27.6 Å². The smallest absolute Gasteiger partial charge is 0.225 e. The van der Waals surface area contributed by atoms with Crippen molar-refractivity contribution in [3.05, 3.63) is 64.6 Å². The molecular formula is C24H28BrN3OS. The zero-order chi connectivity index (χ0) is 20.9. The summed E-state index contributed by atoms with van der Waals surface area (Å²) >= 11 is 5.29. The minimum atomic E-state index is -0.0452. The lowest BCUT2D eigenvalue weighted by Gasteiger charge is -2.35. The van der Waals surface area contributed by atoms with Gasteiger partial charge in [-0.15, -0.1) is 0 Å². The first-order valence-electron chi connectivity index (χ1n) is 10.7. The highest BCUT2D eigenvalue weighted by molar-refractivity contribution is 9.10. The molecule has 4 rings (SSSR count). The van der Waals surface area contributed by atoms with Gasteiger partial charge in [0.2, 0.25) is 5.91 Å². The van der Waals surface area contributed by atoms with Crippen LogP contribution in [0.25, 0.3) is 0 Å². The van der Waals surface area contributed by atoms with Crippen LogP contribution in [0.1, 0.15) is 44.6 Å². The third-order valence-electron chi connectivity index (χ3n) is 5.77. The first-order valence-corrected chi connectivity index (χ1v) is 12.5. The molecule has 1 saturated carbocycles. The van der Waals surface area contributed by atoms with E-state index in [-0.39, 0.29) is 12.1 Å². The van der Waals surface area contributed by atoms with Gasteiger partial charge in [0.25, 0.3) is 0 Å². The molecule has 2 fully saturated rings. The summed E-state index contributed by atoms with van der Waals surface area (Å²) in [5.74, 6) is 0.883. The average molecular weight is 486 g/mol. The fourth-order valence-electron chi connectivity index (χ4n) is 4.26. The number of amides is 1. The zero-order valence-electron chi connectivity index (χ0n) is 17.3. The molecule has 158 valence electrons. The van der Waals surface area contributed by atoms with Crippen molar-refractivity contribution in [1.29, 1.82) is 0 Å². The molecule has 2 aliphatic rings. The number of halogens is 1. The Balaban J connectivity index is 1.66. The molecule has 0 radical (unpaired) electrons. The number of carbonyl (C=O) groups excluding carboxylic acids is 1. The summed E-state index contributed by atoms with van der Waals surface area (Å²) in [6, 6.07) is 18.9.